The lowest BCUT2D eigenvalue weighted by Gasteiger charge is -2.21. The van der Waals surface area contributed by atoms with Crippen LogP contribution in [0.2, 0.25) is 0 Å². The van der Waals surface area contributed by atoms with Gasteiger partial charge in [0.1, 0.15) is 24.8 Å². The van der Waals surface area contributed by atoms with Crippen molar-refractivity contribution in [3.8, 4) is 0 Å². The lowest BCUT2D eigenvalue weighted by Crippen LogP contribution is -2.35. The molecule has 232 valence electrons. The number of methoxy groups -OCH3 is 1. The Morgan fingerprint density at radius 3 is 1.88 bits per heavy atom. The maximum atomic E-state index is 12.8. The number of rotatable bonds is 26. The first-order valence-corrected chi connectivity index (χ1v) is 13.8. The monoisotopic (exact) mass is 575 g/mol. The number of nitrogens with two attached hydrogens (primary N) is 1. The molecule has 0 spiro atoms. The van der Waals surface area contributed by atoms with Crippen LogP contribution in [0.3, 0.4) is 0 Å². The number of nitrogens with one attached hydrogen (secondary N) is 2. The second-order valence-electron chi connectivity index (χ2n) is 9.85. The van der Waals surface area contributed by atoms with Gasteiger partial charge in [0, 0.05) is 44.9 Å². The molecule has 0 saturated carbocycles. The summed E-state index contributed by atoms with van der Waals surface area (Å²) in [6.07, 6.45) is 0.402. The Labute approximate surface area is 237 Å². The number of Topliss-reactive ketones (excluding diaryl/α,β-unsaturated/α-hetero) is 2. The number of ether oxygens (including phenoxy) is 4. The van der Waals surface area contributed by atoms with Crippen LogP contribution in [0.4, 0.5) is 0 Å². The van der Waals surface area contributed by atoms with Crippen molar-refractivity contribution >= 4 is 29.3 Å². The van der Waals surface area contributed by atoms with Gasteiger partial charge in [-0.25, -0.2) is 0 Å². The number of ketones is 2. The summed E-state index contributed by atoms with van der Waals surface area (Å²) in [4.78, 5) is 60.1. The quantitative estimate of drug-likeness (QED) is 0.100. The summed E-state index contributed by atoms with van der Waals surface area (Å²) in [5.41, 5.74) is 5.31. The number of unbranched alkanes of at least 4 members (excludes halogenated alkanes) is 1. The third-order valence-corrected chi connectivity index (χ3v) is 6.06. The minimum Gasteiger partial charge on any atom is -0.393 e. The van der Waals surface area contributed by atoms with Gasteiger partial charge in [0.05, 0.1) is 45.1 Å². The van der Waals surface area contributed by atoms with E-state index in [0.29, 0.717) is 52.2 Å². The molecule has 13 nitrogen and oxygen atoms in total. The summed E-state index contributed by atoms with van der Waals surface area (Å²) in [6.45, 7) is 7.02. The van der Waals surface area contributed by atoms with Gasteiger partial charge in [-0.3, -0.25) is 24.0 Å². The Balaban J connectivity index is 4.10. The number of aliphatic hydroxyl groups is 1. The second-order valence-corrected chi connectivity index (χ2v) is 9.85. The number of carbonyl (C=O) groups is 5. The summed E-state index contributed by atoms with van der Waals surface area (Å²) in [7, 11) is 1.55. The summed E-state index contributed by atoms with van der Waals surface area (Å²) >= 11 is 0. The van der Waals surface area contributed by atoms with Gasteiger partial charge in [0.25, 0.3) is 0 Å². The SMILES string of the molecule is COCCOCC(=O)NCCOCCOCC(=O)NCCCC[C@H](CC(=O)C(C)C)C(=O)C[C@H](C(N)=O)[C@@H](C)O. The molecule has 0 aliphatic carbocycles. The Morgan fingerprint density at radius 2 is 1.32 bits per heavy atom. The summed E-state index contributed by atoms with van der Waals surface area (Å²) in [6, 6.07) is 0. The molecule has 0 aliphatic heterocycles. The Kier molecular flexibility index (Phi) is 21.8. The van der Waals surface area contributed by atoms with Gasteiger partial charge in [0.15, 0.2) is 0 Å². The van der Waals surface area contributed by atoms with Crippen molar-refractivity contribution in [3.63, 3.8) is 0 Å². The van der Waals surface area contributed by atoms with E-state index in [0.717, 1.165) is 0 Å². The fourth-order valence-corrected chi connectivity index (χ4v) is 3.55. The molecule has 0 saturated heterocycles. The second kappa shape index (κ2) is 23.3. The van der Waals surface area contributed by atoms with E-state index < -0.39 is 23.8 Å². The van der Waals surface area contributed by atoms with Gasteiger partial charge < -0.3 is 40.4 Å². The molecular weight excluding hydrogens is 526 g/mol. The highest BCUT2D eigenvalue weighted by atomic mass is 16.5. The third kappa shape index (κ3) is 19.6. The zero-order valence-corrected chi connectivity index (χ0v) is 24.4. The number of primary amides is 1. The largest absolute Gasteiger partial charge is 0.393 e. The van der Waals surface area contributed by atoms with Crippen molar-refractivity contribution in [2.24, 2.45) is 23.5 Å². The average molecular weight is 576 g/mol. The standard InChI is InChI=1S/C27H49N3O10/c1-19(2)23(32)15-21(24(33)16-22(20(3)31)27(28)36)7-5-6-8-29-25(34)17-40-14-13-38-10-9-30-26(35)18-39-12-11-37-4/h19-22,31H,5-18H2,1-4H3,(H2,28,36)(H,29,34)(H,30,35)/t20-,21-,22+/m1/s1. The van der Waals surface area contributed by atoms with Crippen LogP contribution >= 0.6 is 0 Å². The molecule has 0 unspecified atom stereocenters. The lowest BCUT2D eigenvalue weighted by molar-refractivity contribution is -0.134. The number of hydrogen-bond donors (Lipinski definition) is 4. The van der Waals surface area contributed by atoms with Crippen molar-refractivity contribution in [1.29, 1.82) is 0 Å². The van der Waals surface area contributed by atoms with Crippen LogP contribution in [-0.4, -0.2) is 107 Å². The number of hydrogen-bond acceptors (Lipinski definition) is 10. The zero-order chi connectivity index (χ0) is 30.3. The van der Waals surface area contributed by atoms with E-state index in [1.807, 2.05) is 0 Å². The average Bonchev–Trinajstić information content (AvgIpc) is 2.89. The van der Waals surface area contributed by atoms with Crippen molar-refractivity contribution in [2.75, 3.05) is 66.4 Å². The molecule has 0 radical (unpaired) electrons. The Bertz CT molecular complexity index is 761. The fraction of sp³-hybridized carbons (Fsp3) is 0.815. The van der Waals surface area contributed by atoms with E-state index in [1.54, 1.807) is 21.0 Å². The number of aliphatic hydroxyl groups excluding tert-OH is 1. The molecule has 3 atom stereocenters. The normalized spacial score (nSPS) is 13.4. The van der Waals surface area contributed by atoms with Gasteiger partial charge in [-0.05, 0) is 19.8 Å². The van der Waals surface area contributed by atoms with Crippen LogP contribution in [-0.2, 0) is 42.9 Å². The maximum Gasteiger partial charge on any atom is 0.246 e. The van der Waals surface area contributed by atoms with E-state index in [-0.39, 0.29) is 68.6 Å². The Morgan fingerprint density at radius 1 is 0.750 bits per heavy atom. The lowest BCUT2D eigenvalue weighted by atomic mass is 9.84. The van der Waals surface area contributed by atoms with Crippen LogP contribution in [0.25, 0.3) is 0 Å². The van der Waals surface area contributed by atoms with E-state index in [1.165, 1.54) is 6.92 Å². The minimum absolute atomic E-state index is 0.0422. The van der Waals surface area contributed by atoms with Gasteiger partial charge >= 0.3 is 0 Å². The highest BCUT2D eigenvalue weighted by Crippen LogP contribution is 2.22. The molecule has 3 amide bonds. The molecule has 0 aromatic rings. The fourth-order valence-electron chi connectivity index (χ4n) is 3.55. The predicted molar refractivity (Wildman–Crippen MR) is 146 cm³/mol. The third-order valence-electron chi connectivity index (χ3n) is 6.06. The molecule has 0 aromatic carbocycles. The van der Waals surface area contributed by atoms with Gasteiger partial charge in [-0.15, -0.1) is 0 Å². The number of carbonyl (C=O) groups excluding carboxylic acids is 5. The van der Waals surface area contributed by atoms with E-state index in [2.05, 4.69) is 10.6 Å². The van der Waals surface area contributed by atoms with Crippen molar-refractivity contribution in [1.82, 2.24) is 10.6 Å². The highest BCUT2D eigenvalue weighted by molar-refractivity contribution is 5.91. The van der Waals surface area contributed by atoms with E-state index in [4.69, 9.17) is 24.7 Å². The highest BCUT2D eigenvalue weighted by Gasteiger charge is 2.29. The van der Waals surface area contributed by atoms with Gasteiger partial charge in [0.2, 0.25) is 17.7 Å². The van der Waals surface area contributed by atoms with Crippen LogP contribution in [0.15, 0.2) is 0 Å². The first-order valence-electron chi connectivity index (χ1n) is 13.8. The number of amides is 3. The molecule has 0 aliphatic rings. The predicted octanol–water partition coefficient (Wildman–Crippen LogP) is -0.242. The molecule has 40 heavy (non-hydrogen) atoms. The molecule has 0 heterocycles. The van der Waals surface area contributed by atoms with Crippen LogP contribution < -0.4 is 16.4 Å². The molecule has 5 N–H and O–H groups in total. The minimum atomic E-state index is -1.06. The van der Waals surface area contributed by atoms with Crippen LogP contribution in [0.1, 0.15) is 52.9 Å². The van der Waals surface area contributed by atoms with Gasteiger partial charge in [-0.2, -0.15) is 0 Å². The molecule has 0 bridgehead atoms. The first kappa shape index (κ1) is 37.6. The van der Waals surface area contributed by atoms with Crippen molar-refractivity contribution < 1.29 is 48.0 Å². The molecule has 0 rings (SSSR count). The molecular formula is C27H49N3O10. The van der Waals surface area contributed by atoms with Gasteiger partial charge in [-0.1, -0.05) is 20.3 Å². The van der Waals surface area contributed by atoms with E-state index >= 15 is 0 Å². The van der Waals surface area contributed by atoms with Crippen molar-refractivity contribution in [3.05, 3.63) is 0 Å². The van der Waals surface area contributed by atoms with Crippen molar-refractivity contribution in [2.45, 2.75) is 59.0 Å². The summed E-state index contributed by atoms with van der Waals surface area (Å²) in [5, 5.41) is 15.1. The summed E-state index contributed by atoms with van der Waals surface area (Å²) in [5.74, 6) is -3.39. The molecule has 13 heteroatoms. The first-order chi connectivity index (χ1) is 19.0. The summed E-state index contributed by atoms with van der Waals surface area (Å²) < 4.78 is 20.5. The van der Waals surface area contributed by atoms with Crippen LogP contribution in [0, 0.1) is 17.8 Å². The Hall–Kier alpha value is -2.45. The maximum absolute atomic E-state index is 12.8. The van der Waals surface area contributed by atoms with E-state index in [9.17, 15) is 29.1 Å². The topological polar surface area (TPSA) is 193 Å². The smallest absolute Gasteiger partial charge is 0.246 e. The molecule has 0 aromatic heterocycles. The zero-order valence-electron chi connectivity index (χ0n) is 24.4. The van der Waals surface area contributed by atoms with Crippen LogP contribution in [0.5, 0.6) is 0 Å². The molecule has 0 fully saturated rings.